The minimum Gasteiger partial charge on any atom is -0.493 e. The van der Waals surface area contributed by atoms with Crippen LogP contribution < -0.4 is 21.3 Å². The van der Waals surface area contributed by atoms with E-state index in [1.165, 1.54) is 16.8 Å². The number of aromatic nitrogens is 6. The van der Waals surface area contributed by atoms with Gasteiger partial charge in [0.15, 0.2) is 5.65 Å². The summed E-state index contributed by atoms with van der Waals surface area (Å²) < 4.78 is 7.25. The maximum Gasteiger partial charge on any atom is 0.327 e. The molecule has 0 spiro atoms. The van der Waals surface area contributed by atoms with Gasteiger partial charge in [-0.05, 0) is 31.1 Å². The van der Waals surface area contributed by atoms with Gasteiger partial charge in [-0.1, -0.05) is 12.1 Å². The molecule has 30 heavy (non-hydrogen) atoms. The zero-order chi connectivity index (χ0) is 20.7. The standard InChI is InChI=1S/C19H14N8O3/c20-8-10-3-1-2-4-14(10)30-19-24-15-11(7-13-16(28)25-18(29)23-13)9-21-27(15)17(26-19)22-12-5-6-12/h1-4,7,9,12,28H,5-6H2,(H2,23,25,29)/b11-7-,22-17?. The number of hydrogen-bond donors (Lipinski definition) is 3. The van der Waals surface area contributed by atoms with Gasteiger partial charge in [-0.3, -0.25) is 4.98 Å². The highest BCUT2D eigenvalue weighted by molar-refractivity contribution is 5.56. The Kier molecular flexibility index (Phi) is 4.03. The van der Waals surface area contributed by atoms with Crippen molar-refractivity contribution in [2.75, 3.05) is 0 Å². The predicted molar refractivity (Wildman–Crippen MR) is 102 cm³/mol. The summed E-state index contributed by atoms with van der Waals surface area (Å²) in [5, 5.41) is 23.9. The van der Waals surface area contributed by atoms with Crippen LogP contribution in [0.15, 0.2) is 40.2 Å². The molecule has 1 saturated carbocycles. The first-order chi connectivity index (χ1) is 14.6. The van der Waals surface area contributed by atoms with E-state index in [2.05, 4.69) is 36.1 Å². The number of nitrogens with one attached hydrogen (secondary N) is 2. The number of imidazole rings is 1. The Bertz CT molecular complexity index is 1490. The number of hydrogen-bond acceptors (Lipinski definition) is 8. The Labute approximate surface area is 167 Å². The van der Waals surface area contributed by atoms with Gasteiger partial charge in [0, 0.05) is 5.22 Å². The lowest BCUT2D eigenvalue weighted by molar-refractivity contribution is 0.434. The first-order valence-electron chi connectivity index (χ1n) is 9.10. The number of aromatic amines is 2. The number of nitriles is 1. The van der Waals surface area contributed by atoms with E-state index in [1.54, 1.807) is 24.3 Å². The molecule has 3 heterocycles. The quantitative estimate of drug-likeness (QED) is 0.437. The van der Waals surface area contributed by atoms with E-state index in [0.29, 0.717) is 27.8 Å². The van der Waals surface area contributed by atoms with Gasteiger partial charge < -0.3 is 14.8 Å². The van der Waals surface area contributed by atoms with Gasteiger partial charge in [-0.15, -0.1) is 0 Å². The third-order valence-corrected chi connectivity index (χ3v) is 4.45. The van der Waals surface area contributed by atoms with Crippen molar-refractivity contribution in [3.63, 3.8) is 0 Å². The van der Waals surface area contributed by atoms with Crippen LogP contribution in [-0.4, -0.2) is 40.7 Å². The molecule has 1 aliphatic rings. The van der Waals surface area contributed by atoms with E-state index in [4.69, 9.17) is 4.74 Å². The SMILES string of the molecule is N#Cc1ccccc1Oc1nc(=NC2CC2)n2nc/c(=C/c3[nH]c(=O)[nH]c3O)c2n1. The van der Waals surface area contributed by atoms with E-state index in [0.717, 1.165) is 12.8 Å². The number of rotatable bonds is 4. The second-order valence-corrected chi connectivity index (χ2v) is 6.70. The van der Waals surface area contributed by atoms with Crippen LogP contribution in [0.2, 0.25) is 0 Å². The molecule has 5 rings (SSSR count). The van der Waals surface area contributed by atoms with Crippen LogP contribution in [0.5, 0.6) is 17.6 Å². The summed E-state index contributed by atoms with van der Waals surface area (Å²) in [6.45, 7) is 0. The monoisotopic (exact) mass is 402 g/mol. The van der Waals surface area contributed by atoms with Crippen LogP contribution >= 0.6 is 0 Å². The van der Waals surface area contributed by atoms with Crippen molar-refractivity contribution in [2.45, 2.75) is 18.9 Å². The van der Waals surface area contributed by atoms with Gasteiger partial charge in [0.25, 0.3) is 5.62 Å². The van der Waals surface area contributed by atoms with Crippen LogP contribution in [0.4, 0.5) is 0 Å². The number of fused-ring (bicyclic) bond motifs is 1. The van der Waals surface area contributed by atoms with Crippen LogP contribution in [0.1, 0.15) is 24.1 Å². The lowest BCUT2D eigenvalue weighted by Gasteiger charge is -2.05. The Balaban J connectivity index is 1.70. The van der Waals surface area contributed by atoms with Crippen molar-refractivity contribution in [2.24, 2.45) is 4.99 Å². The largest absolute Gasteiger partial charge is 0.493 e. The summed E-state index contributed by atoms with van der Waals surface area (Å²) in [4.78, 5) is 29.5. The maximum atomic E-state index is 11.4. The van der Waals surface area contributed by atoms with Crippen molar-refractivity contribution in [1.82, 2.24) is 29.5 Å². The second kappa shape index (κ2) is 6.85. The molecule has 0 amide bonds. The normalized spacial score (nSPS) is 14.9. The summed E-state index contributed by atoms with van der Waals surface area (Å²) >= 11 is 0. The highest BCUT2D eigenvalue weighted by Crippen LogP contribution is 2.23. The molecule has 1 aromatic carbocycles. The molecule has 3 aromatic heterocycles. The van der Waals surface area contributed by atoms with E-state index < -0.39 is 5.69 Å². The molecule has 3 N–H and O–H groups in total. The number of benzene rings is 1. The molecule has 0 atom stereocenters. The molecular formula is C19H14N8O3. The Morgan fingerprint density at radius 3 is 2.87 bits per heavy atom. The lowest BCUT2D eigenvalue weighted by atomic mass is 10.2. The zero-order valence-electron chi connectivity index (χ0n) is 15.4. The van der Waals surface area contributed by atoms with E-state index in [9.17, 15) is 15.2 Å². The molecule has 11 heteroatoms. The maximum absolute atomic E-state index is 11.4. The number of aromatic hydroxyl groups is 1. The smallest absolute Gasteiger partial charge is 0.327 e. The number of H-pyrrole nitrogens is 2. The first kappa shape index (κ1) is 17.6. The van der Waals surface area contributed by atoms with E-state index >= 15 is 0 Å². The summed E-state index contributed by atoms with van der Waals surface area (Å²) in [6, 6.07) is 9.00. The molecule has 0 bridgehead atoms. The molecule has 148 valence electrons. The van der Waals surface area contributed by atoms with Crippen LogP contribution in [0.3, 0.4) is 0 Å². The first-order valence-corrected chi connectivity index (χ1v) is 9.10. The van der Waals surface area contributed by atoms with Crippen molar-refractivity contribution < 1.29 is 9.84 Å². The van der Waals surface area contributed by atoms with Crippen molar-refractivity contribution >= 4 is 11.7 Å². The van der Waals surface area contributed by atoms with Crippen LogP contribution in [0, 0.1) is 11.3 Å². The third-order valence-electron chi connectivity index (χ3n) is 4.45. The molecular weight excluding hydrogens is 388 g/mol. The van der Waals surface area contributed by atoms with Crippen molar-refractivity contribution in [1.29, 1.82) is 5.26 Å². The second-order valence-electron chi connectivity index (χ2n) is 6.70. The summed E-state index contributed by atoms with van der Waals surface area (Å²) in [6.07, 6.45) is 4.99. The van der Waals surface area contributed by atoms with E-state index in [-0.39, 0.29) is 23.6 Å². The topological polar surface area (TPSA) is 157 Å². The van der Waals surface area contributed by atoms with Crippen molar-refractivity contribution in [3.8, 4) is 23.7 Å². The number of nitrogens with zero attached hydrogens (tertiary/aromatic N) is 6. The molecule has 4 aromatic rings. The highest BCUT2D eigenvalue weighted by Gasteiger charge is 2.21. The Morgan fingerprint density at radius 2 is 2.13 bits per heavy atom. The number of para-hydroxylation sites is 1. The lowest BCUT2D eigenvalue weighted by Crippen LogP contribution is -2.23. The van der Waals surface area contributed by atoms with Gasteiger partial charge in [-0.25, -0.2) is 9.79 Å². The predicted octanol–water partition coefficient (Wildman–Crippen LogP) is 0.121. The summed E-state index contributed by atoms with van der Waals surface area (Å²) in [5.74, 6) is 0.0232. The fourth-order valence-corrected chi connectivity index (χ4v) is 2.85. The minimum atomic E-state index is -0.536. The molecule has 11 nitrogen and oxygen atoms in total. The summed E-state index contributed by atoms with van der Waals surface area (Å²) in [5.41, 5.74) is 0.684. The van der Waals surface area contributed by atoms with Gasteiger partial charge >= 0.3 is 11.7 Å². The minimum absolute atomic E-state index is 0.00605. The Morgan fingerprint density at radius 1 is 1.30 bits per heavy atom. The van der Waals surface area contributed by atoms with Gasteiger partial charge in [0.1, 0.15) is 17.5 Å². The van der Waals surface area contributed by atoms with Crippen molar-refractivity contribution in [3.05, 3.63) is 63.0 Å². The third kappa shape index (κ3) is 3.26. The fraction of sp³-hybridized carbons (Fsp3) is 0.158. The molecule has 1 aliphatic carbocycles. The van der Waals surface area contributed by atoms with Gasteiger partial charge in [0.05, 0.1) is 17.8 Å². The van der Waals surface area contributed by atoms with Crippen LogP contribution in [0.25, 0.3) is 11.7 Å². The summed E-state index contributed by atoms with van der Waals surface area (Å²) in [7, 11) is 0. The Hall–Kier alpha value is -4.46. The molecule has 1 fully saturated rings. The van der Waals surface area contributed by atoms with Gasteiger partial charge in [-0.2, -0.15) is 24.8 Å². The van der Waals surface area contributed by atoms with E-state index in [1.807, 2.05) is 0 Å². The average molecular weight is 402 g/mol. The molecule has 0 aliphatic heterocycles. The van der Waals surface area contributed by atoms with Crippen LogP contribution in [-0.2, 0) is 0 Å². The molecule has 0 unspecified atom stereocenters. The molecule has 0 saturated heterocycles. The van der Waals surface area contributed by atoms with Gasteiger partial charge in [0.2, 0.25) is 5.88 Å². The average Bonchev–Trinajstić information content (AvgIpc) is 3.37. The fourth-order valence-electron chi connectivity index (χ4n) is 2.85. The molecule has 0 radical (unpaired) electrons. The highest BCUT2D eigenvalue weighted by atomic mass is 16.5. The zero-order valence-corrected chi connectivity index (χ0v) is 15.4. The number of ether oxygens (including phenoxy) is 1.